The van der Waals surface area contributed by atoms with Crippen molar-refractivity contribution in [2.75, 3.05) is 5.01 Å². The summed E-state index contributed by atoms with van der Waals surface area (Å²) in [6.45, 7) is 1.73. The zero-order chi connectivity index (χ0) is 15.7. The number of rotatable bonds is 3. The molecule has 1 aromatic heterocycles. The Kier molecular flexibility index (Phi) is 3.81. The molecule has 112 valence electrons. The minimum absolute atomic E-state index is 0.440. The highest BCUT2D eigenvalue weighted by Crippen LogP contribution is 2.38. The molecule has 22 heavy (non-hydrogen) atoms. The zero-order valence-electron chi connectivity index (χ0n) is 11.8. The third kappa shape index (κ3) is 2.55. The number of hydrogen-bond donors (Lipinski definition) is 1. The van der Waals surface area contributed by atoms with Crippen LogP contribution in [-0.4, -0.2) is 21.8 Å². The fraction of sp³-hybridized carbons (Fsp3) is 0.188. The molecule has 0 bridgehead atoms. The van der Waals surface area contributed by atoms with E-state index >= 15 is 0 Å². The summed E-state index contributed by atoms with van der Waals surface area (Å²) >= 11 is 5.93. The number of pyridine rings is 1. The second-order valence-electron chi connectivity index (χ2n) is 5.09. The highest BCUT2D eigenvalue weighted by Gasteiger charge is 2.42. The number of halogens is 1. The van der Waals surface area contributed by atoms with E-state index in [1.54, 1.807) is 30.3 Å². The van der Waals surface area contributed by atoms with Gasteiger partial charge >= 0.3 is 5.97 Å². The lowest BCUT2D eigenvalue weighted by atomic mass is 9.90. The van der Waals surface area contributed by atoms with Gasteiger partial charge in [-0.3, -0.25) is 4.79 Å². The topological polar surface area (TPSA) is 65.8 Å². The Balaban J connectivity index is 2.08. The molecule has 0 fully saturated rings. The SMILES string of the molecule is CC1=NN(c2ccccn2)C(c2ccc(Cl)cc2)C1C(=O)O. The highest BCUT2D eigenvalue weighted by atomic mass is 35.5. The van der Waals surface area contributed by atoms with Crippen LogP contribution in [-0.2, 0) is 4.79 Å². The minimum Gasteiger partial charge on any atom is -0.481 e. The second kappa shape index (κ2) is 5.77. The van der Waals surface area contributed by atoms with Crippen LogP contribution < -0.4 is 5.01 Å². The van der Waals surface area contributed by atoms with Crippen LogP contribution in [0.5, 0.6) is 0 Å². The van der Waals surface area contributed by atoms with Gasteiger partial charge in [-0.15, -0.1) is 0 Å². The fourth-order valence-corrected chi connectivity index (χ4v) is 2.78. The van der Waals surface area contributed by atoms with Gasteiger partial charge in [0.15, 0.2) is 0 Å². The summed E-state index contributed by atoms with van der Waals surface area (Å²) in [4.78, 5) is 16.0. The monoisotopic (exact) mass is 315 g/mol. The number of carboxylic acids is 1. The van der Waals surface area contributed by atoms with Crippen molar-refractivity contribution in [2.45, 2.75) is 13.0 Å². The molecular weight excluding hydrogens is 302 g/mol. The smallest absolute Gasteiger partial charge is 0.314 e. The van der Waals surface area contributed by atoms with Gasteiger partial charge in [0.05, 0.1) is 11.8 Å². The van der Waals surface area contributed by atoms with Crippen molar-refractivity contribution in [3.63, 3.8) is 0 Å². The first-order valence-corrected chi connectivity index (χ1v) is 7.19. The van der Waals surface area contributed by atoms with Gasteiger partial charge in [-0.1, -0.05) is 29.8 Å². The summed E-state index contributed by atoms with van der Waals surface area (Å²) < 4.78 is 0. The number of hydrogen-bond acceptors (Lipinski definition) is 4. The first-order chi connectivity index (χ1) is 10.6. The zero-order valence-corrected chi connectivity index (χ0v) is 12.6. The van der Waals surface area contributed by atoms with E-state index in [9.17, 15) is 9.90 Å². The van der Waals surface area contributed by atoms with E-state index in [1.165, 1.54) is 0 Å². The molecule has 2 atom stereocenters. The van der Waals surface area contributed by atoms with Crippen LogP contribution in [0.1, 0.15) is 18.5 Å². The van der Waals surface area contributed by atoms with Gasteiger partial charge in [-0.25, -0.2) is 9.99 Å². The van der Waals surface area contributed by atoms with Crippen LogP contribution >= 0.6 is 11.6 Å². The maximum Gasteiger partial charge on any atom is 0.314 e. The molecular formula is C16H14ClN3O2. The number of hydrazone groups is 1. The summed E-state index contributed by atoms with van der Waals surface area (Å²) in [5, 5.41) is 16.3. The molecule has 1 N–H and O–H groups in total. The number of benzene rings is 1. The molecule has 2 aromatic rings. The van der Waals surface area contributed by atoms with Crippen molar-refractivity contribution in [1.82, 2.24) is 4.98 Å². The van der Waals surface area contributed by atoms with E-state index in [-0.39, 0.29) is 0 Å². The Labute approximate surface area is 132 Å². The van der Waals surface area contributed by atoms with Crippen molar-refractivity contribution >= 4 is 29.1 Å². The van der Waals surface area contributed by atoms with Crippen LogP contribution in [0, 0.1) is 5.92 Å². The number of anilines is 1. The molecule has 1 aromatic carbocycles. The average molecular weight is 316 g/mol. The lowest BCUT2D eigenvalue weighted by Crippen LogP contribution is -2.30. The number of nitrogens with zero attached hydrogens (tertiary/aromatic N) is 3. The lowest BCUT2D eigenvalue weighted by molar-refractivity contribution is -0.139. The Bertz CT molecular complexity index is 716. The summed E-state index contributed by atoms with van der Waals surface area (Å²) in [5.41, 5.74) is 1.39. The minimum atomic E-state index is -0.903. The Morgan fingerprint density at radius 1 is 1.23 bits per heavy atom. The first kappa shape index (κ1) is 14.5. The van der Waals surface area contributed by atoms with Crippen LogP contribution in [0.3, 0.4) is 0 Å². The molecule has 0 amide bonds. The van der Waals surface area contributed by atoms with Crippen LogP contribution in [0.25, 0.3) is 0 Å². The molecule has 3 rings (SSSR count). The summed E-state index contributed by atoms with van der Waals surface area (Å²) in [6, 6.07) is 12.2. The van der Waals surface area contributed by atoms with Gasteiger partial charge in [-0.05, 0) is 36.8 Å². The second-order valence-corrected chi connectivity index (χ2v) is 5.52. The third-order valence-corrected chi connectivity index (χ3v) is 3.91. The first-order valence-electron chi connectivity index (χ1n) is 6.81. The van der Waals surface area contributed by atoms with E-state index in [0.717, 1.165) is 5.56 Å². The van der Waals surface area contributed by atoms with Crippen molar-refractivity contribution in [3.8, 4) is 0 Å². The van der Waals surface area contributed by atoms with E-state index in [4.69, 9.17) is 11.6 Å². The standard InChI is InChI=1S/C16H14ClN3O2/c1-10-14(16(21)22)15(11-5-7-12(17)8-6-11)20(19-10)13-4-2-3-9-18-13/h2-9,14-15H,1H3,(H,21,22). The fourth-order valence-electron chi connectivity index (χ4n) is 2.65. The van der Waals surface area contributed by atoms with E-state index in [2.05, 4.69) is 10.1 Å². The molecule has 0 saturated carbocycles. The van der Waals surface area contributed by atoms with Gasteiger partial charge < -0.3 is 5.11 Å². The molecule has 2 unspecified atom stereocenters. The van der Waals surface area contributed by atoms with Gasteiger partial charge in [-0.2, -0.15) is 5.10 Å². The average Bonchev–Trinajstić information content (AvgIpc) is 2.86. The van der Waals surface area contributed by atoms with Crippen LogP contribution in [0.4, 0.5) is 5.82 Å². The maximum absolute atomic E-state index is 11.7. The quantitative estimate of drug-likeness (QED) is 0.943. The van der Waals surface area contributed by atoms with Crippen molar-refractivity contribution in [3.05, 3.63) is 59.2 Å². The van der Waals surface area contributed by atoms with Gasteiger partial charge in [0.1, 0.15) is 11.7 Å². The summed E-state index contributed by atoms with van der Waals surface area (Å²) in [6.07, 6.45) is 1.66. The molecule has 0 spiro atoms. The lowest BCUT2D eigenvalue weighted by Gasteiger charge is -2.25. The Morgan fingerprint density at radius 2 is 1.95 bits per heavy atom. The predicted molar refractivity (Wildman–Crippen MR) is 85.1 cm³/mol. The van der Waals surface area contributed by atoms with Crippen molar-refractivity contribution in [1.29, 1.82) is 0 Å². The highest BCUT2D eigenvalue weighted by molar-refractivity contribution is 6.30. The van der Waals surface area contributed by atoms with E-state index < -0.39 is 17.9 Å². The van der Waals surface area contributed by atoms with Crippen molar-refractivity contribution < 1.29 is 9.90 Å². The third-order valence-electron chi connectivity index (χ3n) is 3.66. The summed E-state index contributed by atoms with van der Waals surface area (Å²) in [7, 11) is 0. The normalized spacial score (nSPS) is 20.8. The van der Waals surface area contributed by atoms with E-state index in [1.807, 2.05) is 30.3 Å². The number of carbonyl (C=O) groups is 1. The van der Waals surface area contributed by atoms with E-state index in [0.29, 0.717) is 16.6 Å². The Morgan fingerprint density at radius 3 is 2.55 bits per heavy atom. The molecule has 0 aliphatic carbocycles. The number of aliphatic carboxylic acids is 1. The van der Waals surface area contributed by atoms with Gasteiger partial charge in [0.2, 0.25) is 0 Å². The largest absolute Gasteiger partial charge is 0.481 e. The number of carboxylic acid groups (broad SMARTS) is 1. The molecule has 0 saturated heterocycles. The molecule has 6 heteroatoms. The summed E-state index contributed by atoms with van der Waals surface area (Å²) in [5.74, 6) is -1.01. The Hall–Kier alpha value is -2.40. The number of aromatic nitrogens is 1. The van der Waals surface area contributed by atoms with Gasteiger partial charge in [0, 0.05) is 11.2 Å². The molecule has 1 aliphatic heterocycles. The molecule has 5 nitrogen and oxygen atoms in total. The van der Waals surface area contributed by atoms with Gasteiger partial charge in [0.25, 0.3) is 0 Å². The molecule has 1 aliphatic rings. The molecule has 0 radical (unpaired) electrons. The molecule has 2 heterocycles. The van der Waals surface area contributed by atoms with Crippen LogP contribution in [0.15, 0.2) is 53.8 Å². The van der Waals surface area contributed by atoms with Crippen molar-refractivity contribution in [2.24, 2.45) is 11.0 Å². The maximum atomic E-state index is 11.7. The predicted octanol–water partition coefficient (Wildman–Crippen LogP) is 3.37. The van der Waals surface area contributed by atoms with Crippen LogP contribution in [0.2, 0.25) is 5.02 Å².